The molecule has 0 aromatic carbocycles. The predicted molar refractivity (Wildman–Crippen MR) is 59.3 cm³/mol. The molecule has 1 saturated heterocycles. The summed E-state index contributed by atoms with van der Waals surface area (Å²) in [5.74, 6) is 0.418. The zero-order valence-electron chi connectivity index (χ0n) is 9.65. The van der Waals surface area contributed by atoms with Gasteiger partial charge in [0.1, 0.15) is 0 Å². The van der Waals surface area contributed by atoms with E-state index in [0.29, 0.717) is 18.9 Å². The van der Waals surface area contributed by atoms with Gasteiger partial charge in [-0.2, -0.15) is 0 Å². The Labute approximate surface area is 91.4 Å². The van der Waals surface area contributed by atoms with Crippen LogP contribution in [0.15, 0.2) is 0 Å². The fourth-order valence-corrected chi connectivity index (χ4v) is 2.00. The Balaban J connectivity index is 2.44. The molecule has 3 N–H and O–H groups in total. The van der Waals surface area contributed by atoms with Crippen LogP contribution in [0.2, 0.25) is 0 Å². The minimum Gasteiger partial charge on any atom is -0.391 e. The molecule has 0 radical (unpaired) electrons. The number of β-amino-alcohol motifs (C(OH)–C–C–N with tert-alkyl or cyclic N) is 1. The van der Waals surface area contributed by atoms with Crippen LogP contribution in [0, 0.1) is 5.92 Å². The van der Waals surface area contributed by atoms with Gasteiger partial charge in [-0.05, 0) is 25.2 Å². The Bertz CT molecular complexity index is 219. The normalized spacial score (nSPS) is 24.3. The van der Waals surface area contributed by atoms with E-state index in [4.69, 9.17) is 5.73 Å². The topological polar surface area (TPSA) is 66.6 Å². The van der Waals surface area contributed by atoms with E-state index in [2.05, 4.69) is 13.8 Å². The summed E-state index contributed by atoms with van der Waals surface area (Å²) in [6.45, 7) is 5.29. The number of hydrogen-bond donors (Lipinski definition) is 2. The number of nitrogens with two attached hydrogens (primary N) is 1. The summed E-state index contributed by atoms with van der Waals surface area (Å²) < 4.78 is 0. The number of aliphatic hydroxyl groups is 1. The predicted octanol–water partition coefficient (Wildman–Crippen LogP) is 0.343. The third kappa shape index (κ3) is 3.80. The van der Waals surface area contributed by atoms with Gasteiger partial charge in [0.25, 0.3) is 0 Å². The van der Waals surface area contributed by atoms with Crippen LogP contribution in [0.25, 0.3) is 0 Å². The molecule has 1 rings (SSSR count). The molecule has 0 aliphatic carbocycles. The molecule has 1 fully saturated rings. The zero-order chi connectivity index (χ0) is 11.4. The molecule has 0 aromatic rings. The maximum Gasteiger partial charge on any atom is 0.239 e. The number of carbonyl (C=O) groups excluding carboxylic acids is 1. The third-order valence-corrected chi connectivity index (χ3v) is 2.75. The van der Waals surface area contributed by atoms with Crippen LogP contribution >= 0.6 is 0 Å². The van der Waals surface area contributed by atoms with E-state index < -0.39 is 6.04 Å². The van der Waals surface area contributed by atoms with Crippen molar-refractivity contribution in [2.45, 2.75) is 45.3 Å². The van der Waals surface area contributed by atoms with Crippen molar-refractivity contribution in [3.05, 3.63) is 0 Å². The number of hydrogen-bond acceptors (Lipinski definition) is 3. The van der Waals surface area contributed by atoms with Crippen molar-refractivity contribution in [2.75, 3.05) is 13.1 Å². The number of piperidine rings is 1. The van der Waals surface area contributed by atoms with E-state index >= 15 is 0 Å². The molecule has 0 saturated carbocycles. The largest absolute Gasteiger partial charge is 0.391 e. The third-order valence-electron chi connectivity index (χ3n) is 2.75. The minimum absolute atomic E-state index is 0.0116. The SMILES string of the molecule is CC(C)C[C@@H](N)C(=O)N1CCC[C@H](O)C1. The second kappa shape index (κ2) is 5.47. The summed E-state index contributed by atoms with van der Waals surface area (Å²) in [7, 11) is 0. The summed E-state index contributed by atoms with van der Waals surface area (Å²) in [6, 6.07) is -0.407. The van der Waals surface area contributed by atoms with Gasteiger partial charge < -0.3 is 15.7 Å². The van der Waals surface area contributed by atoms with Crippen LogP contribution in [-0.2, 0) is 4.79 Å². The lowest BCUT2D eigenvalue weighted by atomic mass is 10.0. The van der Waals surface area contributed by atoms with Crippen molar-refractivity contribution in [2.24, 2.45) is 11.7 Å². The van der Waals surface area contributed by atoms with Crippen molar-refractivity contribution in [3.63, 3.8) is 0 Å². The number of rotatable bonds is 3. The van der Waals surface area contributed by atoms with Gasteiger partial charge in [-0.3, -0.25) is 4.79 Å². The Morgan fingerprint density at radius 3 is 2.80 bits per heavy atom. The lowest BCUT2D eigenvalue weighted by Crippen LogP contribution is -2.49. The van der Waals surface area contributed by atoms with Crippen molar-refractivity contribution in [3.8, 4) is 0 Å². The highest BCUT2D eigenvalue weighted by Gasteiger charge is 2.26. The first kappa shape index (κ1) is 12.5. The van der Waals surface area contributed by atoms with Gasteiger partial charge in [-0.1, -0.05) is 13.8 Å². The maximum absolute atomic E-state index is 11.9. The van der Waals surface area contributed by atoms with Crippen LogP contribution in [0.1, 0.15) is 33.1 Å². The first-order chi connectivity index (χ1) is 7.00. The first-order valence-corrected chi connectivity index (χ1v) is 5.73. The molecule has 15 heavy (non-hydrogen) atoms. The van der Waals surface area contributed by atoms with Crippen molar-refractivity contribution in [1.29, 1.82) is 0 Å². The molecule has 0 unspecified atom stereocenters. The van der Waals surface area contributed by atoms with E-state index in [9.17, 15) is 9.90 Å². The average Bonchev–Trinajstić information content (AvgIpc) is 2.15. The molecule has 0 bridgehead atoms. The highest BCUT2D eigenvalue weighted by atomic mass is 16.3. The molecule has 0 spiro atoms. The van der Waals surface area contributed by atoms with E-state index in [1.807, 2.05) is 0 Å². The summed E-state index contributed by atoms with van der Waals surface area (Å²) in [5.41, 5.74) is 5.82. The molecule has 1 aliphatic heterocycles. The molecule has 1 aliphatic rings. The molecular formula is C11H22N2O2. The van der Waals surface area contributed by atoms with E-state index in [1.165, 1.54) is 0 Å². The number of amides is 1. The summed E-state index contributed by atoms with van der Waals surface area (Å²) >= 11 is 0. The second-order valence-corrected chi connectivity index (χ2v) is 4.82. The molecule has 0 aromatic heterocycles. The Hall–Kier alpha value is -0.610. The quantitative estimate of drug-likeness (QED) is 0.712. The highest BCUT2D eigenvalue weighted by Crippen LogP contribution is 2.12. The monoisotopic (exact) mass is 214 g/mol. The van der Waals surface area contributed by atoms with Gasteiger partial charge in [0, 0.05) is 13.1 Å². The van der Waals surface area contributed by atoms with Gasteiger partial charge >= 0.3 is 0 Å². The van der Waals surface area contributed by atoms with Crippen LogP contribution in [0.4, 0.5) is 0 Å². The van der Waals surface area contributed by atoms with Crippen LogP contribution < -0.4 is 5.73 Å². The van der Waals surface area contributed by atoms with Crippen molar-refractivity contribution in [1.82, 2.24) is 4.90 Å². The fourth-order valence-electron chi connectivity index (χ4n) is 2.00. The van der Waals surface area contributed by atoms with Crippen LogP contribution in [0.3, 0.4) is 0 Å². The smallest absolute Gasteiger partial charge is 0.239 e. The molecule has 4 nitrogen and oxygen atoms in total. The average molecular weight is 214 g/mol. The number of carbonyl (C=O) groups is 1. The molecule has 4 heteroatoms. The molecular weight excluding hydrogens is 192 g/mol. The lowest BCUT2D eigenvalue weighted by Gasteiger charge is -2.32. The number of aliphatic hydroxyl groups excluding tert-OH is 1. The molecule has 88 valence electrons. The van der Waals surface area contributed by atoms with Gasteiger partial charge in [0.05, 0.1) is 12.1 Å². The highest BCUT2D eigenvalue weighted by molar-refractivity contribution is 5.81. The number of likely N-dealkylation sites (tertiary alicyclic amines) is 1. The molecule has 2 atom stereocenters. The minimum atomic E-state index is -0.407. The molecule has 1 heterocycles. The van der Waals surface area contributed by atoms with E-state index in [1.54, 1.807) is 4.90 Å². The Kier molecular flexibility index (Phi) is 4.54. The van der Waals surface area contributed by atoms with Gasteiger partial charge in [0.15, 0.2) is 0 Å². The van der Waals surface area contributed by atoms with Crippen LogP contribution in [0.5, 0.6) is 0 Å². The molecule has 1 amide bonds. The van der Waals surface area contributed by atoms with E-state index in [0.717, 1.165) is 19.4 Å². The fraction of sp³-hybridized carbons (Fsp3) is 0.909. The van der Waals surface area contributed by atoms with Crippen molar-refractivity contribution >= 4 is 5.91 Å². The Morgan fingerprint density at radius 2 is 2.27 bits per heavy atom. The zero-order valence-corrected chi connectivity index (χ0v) is 9.65. The van der Waals surface area contributed by atoms with Crippen molar-refractivity contribution < 1.29 is 9.90 Å². The van der Waals surface area contributed by atoms with Crippen LogP contribution in [-0.4, -0.2) is 41.1 Å². The summed E-state index contributed by atoms with van der Waals surface area (Å²) in [4.78, 5) is 13.6. The second-order valence-electron chi connectivity index (χ2n) is 4.82. The first-order valence-electron chi connectivity index (χ1n) is 5.73. The maximum atomic E-state index is 11.9. The van der Waals surface area contributed by atoms with Gasteiger partial charge in [-0.25, -0.2) is 0 Å². The van der Waals surface area contributed by atoms with Gasteiger partial charge in [0.2, 0.25) is 5.91 Å². The summed E-state index contributed by atoms with van der Waals surface area (Å²) in [5, 5.41) is 9.46. The standard InChI is InChI=1S/C11H22N2O2/c1-8(2)6-10(12)11(15)13-5-3-4-9(14)7-13/h8-10,14H,3-7,12H2,1-2H3/t9-,10+/m0/s1. The lowest BCUT2D eigenvalue weighted by molar-refractivity contribution is -0.136. The summed E-state index contributed by atoms with van der Waals surface area (Å²) in [6.07, 6.45) is 2.02. The van der Waals surface area contributed by atoms with Gasteiger partial charge in [-0.15, -0.1) is 0 Å². The Morgan fingerprint density at radius 1 is 1.60 bits per heavy atom. The van der Waals surface area contributed by atoms with E-state index in [-0.39, 0.29) is 12.0 Å². The number of nitrogens with zero attached hydrogens (tertiary/aromatic N) is 1.